The molecule has 3 aliphatic rings. The molecular weight excluding hydrogens is 274 g/mol. The van der Waals surface area contributed by atoms with Crippen LogP contribution in [0.5, 0.6) is 0 Å². The van der Waals surface area contributed by atoms with Gasteiger partial charge in [0.1, 0.15) is 6.10 Å². The molecule has 0 aromatic heterocycles. The maximum Gasteiger partial charge on any atom is 0.106 e. The van der Waals surface area contributed by atoms with Gasteiger partial charge in [-0.05, 0) is 36.2 Å². The second-order valence-electron chi connectivity index (χ2n) is 8.15. The van der Waals surface area contributed by atoms with Gasteiger partial charge < -0.3 is 5.11 Å². The van der Waals surface area contributed by atoms with Crippen LogP contribution in [-0.4, -0.2) is 28.9 Å². The third-order valence-corrected chi connectivity index (χ3v) is 7.14. The summed E-state index contributed by atoms with van der Waals surface area (Å²) in [5.41, 5.74) is 1.45. The number of hydrogen-bond donors (Lipinski definition) is 1. The van der Waals surface area contributed by atoms with E-state index in [0.29, 0.717) is 5.92 Å². The molecule has 22 heavy (non-hydrogen) atoms. The number of hydroxylamine groups is 2. The maximum atomic E-state index is 11.0. The van der Waals surface area contributed by atoms with E-state index in [9.17, 15) is 5.11 Å². The van der Waals surface area contributed by atoms with E-state index >= 15 is 0 Å². The molecule has 1 saturated heterocycles. The van der Waals surface area contributed by atoms with Crippen LogP contribution in [0, 0.1) is 16.7 Å². The van der Waals surface area contributed by atoms with Gasteiger partial charge in [-0.25, -0.2) is 0 Å². The van der Waals surface area contributed by atoms with Crippen molar-refractivity contribution < 1.29 is 9.94 Å². The van der Waals surface area contributed by atoms with Gasteiger partial charge >= 0.3 is 0 Å². The van der Waals surface area contributed by atoms with Gasteiger partial charge in [-0.3, -0.25) is 4.84 Å². The van der Waals surface area contributed by atoms with E-state index < -0.39 is 0 Å². The molecule has 3 nitrogen and oxygen atoms in total. The van der Waals surface area contributed by atoms with Gasteiger partial charge in [0.2, 0.25) is 0 Å². The van der Waals surface area contributed by atoms with Gasteiger partial charge in [0.15, 0.2) is 0 Å². The molecule has 3 heteroatoms. The molecule has 2 saturated carbocycles. The summed E-state index contributed by atoms with van der Waals surface area (Å²) in [6.45, 7) is 7.85. The largest absolute Gasteiger partial charge is 0.391 e. The Morgan fingerprint density at radius 2 is 1.86 bits per heavy atom. The summed E-state index contributed by atoms with van der Waals surface area (Å²) in [6.07, 6.45) is 3.22. The highest BCUT2D eigenvalue weighted by molar-refractivity contribution is 5.20. The van der Waals surface area contributed by atoms with Crippen LogP contribution in [0.15, 0.2) is 30.3 Å². The lowest BCUT2D eigenvalue weighted by Crippen LogP contribution is -2.48. The van der Waals surface area contributed by atoms with E-state index in [1.807, 2.05) is 6.07 Å². The van der Waals surface area contributed by atoms with Crippen LogP contribution in [0.1, 0.15) is 51.7 Å². The van der Waals surface area contributed by atoms with E-state index in [1.54, 1.807) is 0 Å². The molecule has 0 amide bonds. The fourth-order valence-corrected chi connectivity index (χ4v) is 5.27. The van der Waals surface area contributed by atoms with Crippen LogP contribution in [0.3, 0.4) is 0 Å². The third-order valence-electron chi connectivity index (χ3n) is 7.14. The van der Waals surface area contributed by atoms with Gasteiger partial charge in [0, 0.05) is 12.0 Å². The van der Waals surface area contributed by atoms with E-state index in [0.717, 1.165) is 19.4 Å². The van der Waals surface area contributed by atoms with Crippen LogP contribution >= 0.6 is 0 Å². The molecule has 120 valence electrons. The predicted molar refractivity (Wildman–Crippen MR) is 86.0 cm³/mol. The fourth-order valence-electron chi connectivity index (χ4n) is 5.27. The number of hydrogen-bond acceptors (Lipinski definition) is 3. The monoisotopic (exact) mass is 301 g/mol. The zero-order chi connectivity index (χ0) is 15.5. The molecule has 1 aromatic rings. The lowest BCUT2D eigenvalue weighted by molar-refractivity contribution is -0.207. The summed E-state index contributed by atoms with van der Waals surface area (Å²) in [5.74, 6) is 0.530. The Kier molecular flexibility index (Phi) is 3.20. The Labute approximate surface area is 133 Å². The molecule has 4 rings (SSSR count). The second-order valence-corrected chi connectivity index (χ2v) is 8.15. The Balaban J connectivity index is 1.55. The molecule has 0 radical (unpaired) electrons. The van der Waals surface area contributed by atoms with Gasteiger partial charge in [-0.2, -0.15) is 5.06 Å². The highest BCUT2D eigenvalue weighted by Gasteiger charge is 2.67. The average molecular weight is 301 g/mol. The average Bonchev–Trinajstić information content (AvgIpc) is 3.11. The number of nitrogens with zero attached hydrogens (tertiary/aromatic N) is 1. The number of aliphatic hydroxyl groups is 1. The quantitative estimate of drug-likeness (QED) is 0.907. The Hall–Kier alpha value is -0.900. The van der Waals surface area contributed by atoms with Crippen molar-refractivity contribution in [3.63, 3.8) is 0 Å². The summed E-state index contributed by atoms with van der Waals surface area (Å²) in [7, 11) is 0. The van der Waals surface area contributed by atoms with Crippen molar-refractivity contribution >= 4 is 0 Å². The molecular formula is C19H27NO2. The summed E-state index contributed by atoms with van der Waals surface area (Å²) < 4.78 is 0. The van der Waals surface area contributed by atoms with Crippen molar-refractivity contribution in [3.05, 3.63) is 35.9 Å². The topological polar surface area (TPSA) is 32.7 Å². The number of benzene rings is 1. The molecule has 2 aliphatic carbocycles. The van der Waals surface area contributed by atoms with Crippen molar-refractivity contribution in [1.29, 1.82) is 0 Å². The van der Waals surface area contributed by atoms with Gasteiger partial charge in [0.25, 0.3) is 0 Å². The summed E-state index contributed by atoms with van der Waals surface area (Å²) >= 11 is 0. The number of rotatable bonds is 2. The van der Waals surface area contributed by atoms with Gasteiger partial charge in [0.05, 0.1) is 12.1 Å². The molecule has 0 unspecified atom stereocenters. The van der Waals surface area contributed by atoms with Gasteiger partial charge in [-0.1, -0.05) is 51.1 Å². The minimum atomic E-state index is -0.282. The van der Waals surface area contributed by atoms with Crippen LogP contribution in [-0.2, 0) is 4.84 Å². The smallest absolute Gasteiger partial charge is 0.106 e. The first-order valence-electron chi connectivity index (χ1n) is 8.61. The number of fused-ring (bicyclic) bond motifs is 2. The molecule has 1 N–H and O–H groups in total. The van der Waals surface area contributed by atoms with Crippen LogP contribution < -0.4 is 0 Å². The third kappa shape index (κ3) is 1.79. The van der Waals surface area contributed by atoms with Crippen LogP contribution in [0.25, 0.3) is 0 Å². The molecule has 2 bridgehead atoms. The van der Waals surface area contributed by atoms with Gasteiger partial charge in [-0.15, -0.1) is 0 Å². The van der Waals surface area contributed by atoms with Crippen molar-refractivity contribution in [1.82, 2.24) is 5.06 Å². The van der Waals surface area contributed by atoms with Crippen molar-refractivity contribution in [3.8, 4) is 0 Å². The first-order chi connectivity index (χ1) is 10.4. The molecule has 1 aliphatic heterocycles. The van der Waals surface area contributed by atoms with Crippen molar-refractivity contribution in [2.75, 3.05) is 6.54 Å². The van der Waals surface area contributed by atoms with E-state index in [-0.39, 0.29) is 29.1 Å². The lowest BCUT2D eigenvalue weighted by Gasteiger charge is -2.38. The zero-order valence-corrected chi connectivity index (χ0v) is 13.8. The molecule has 3 fully saturated rings. The normalized spacial score (nSPS) is 43.8. The highest BCUT2D eigenvalue weighted by Crippen LogP contribution is 2.66. The zero-order valence-electron chi connectivity index (χ0n) is 13.8. The van der Waals surface area contributed by atoms with E-state index in [1.165, 1.54) is 12.0 Å². The Bertz CT molecular complexity index is 558. The lowest BCUT2D eigenvalue weighted by atomic mass is 9.70. The molecule has 0 spiro atoms. The minimum Gasteiger partial charge on any atom is -0.391 e. The summed E-state index contributed by atoms with van der Waals surface area (Å²) in [5, 5.41) is 13.1. The maximum absolute atomic E-state index is 11.0. The van der Waals surface area contributed by atoms with Crippen molar-refractivity contribution in [2.45, 2.75) is 58.3 Å². The molecule has 5 atom stereocenters. The molecule has 1 aromatic carbocycles. The molecule has 1 heterocycles. The first kappa shape index (κ1) is 14.7. The highest BCUT2D eigenvalue weighted by atomic mass is 16.7. The van der Waals surface area contributed by atoms with E-state index in [2.05, 4.69) is 50.1 Å². The number of aliphatic hydroxyl groups excluding tert-OH is 1. The first-order valence-corrected chi connectivity index (χ1v) is 8.61. The fraction of sp³-hybridized carbons (Fsp3) is 0.684. The van der Waals surface area contributed by atoms with Crippen LogP contribution in [0.2, 0.25) is 0 Å². The Morgan fingerprint density at radius 3 is 2.50 bits per heavy atom. The van der Waals surface area contributed by atoms with Crippen LogP contribution in [0.4, 0.5) is 0 Å². The standard InChI is InChI=1S/C19H27NO2/c1-18(2)14-9-11-19(18,3)17(21)16(14)20-12-10-15(22-20)13-7-5-4-6-8-13/h4-8,14-17,21H,9-12H2,1-3H3/t14-,15+,16-,17-,19+/m1/s1. The summed E-state index contributed by atoms with van der Waals surface area (Å²) in [6, 6.07) is 10.6. The summed E-state index contributed by atoms with van der Waals surface area (Å²) in [4.78, 5) is 6.27. The Morgan fingerprint density at radius 1 is 1.14 bits per heavy atom. The predicted octanol–water partition coefficient (Wildman–Crippen LogP) is 3.55. The van der Waals surface area contributed by atoms with E-state index in [4.69, 9.17) is 4.84 Å². The second kappa shape index (κ2) is 4.80. The van der Waals surface area contributed by atoms with Crippen molar-refractivity contribution in [2.24, 2.45) is 16.7 Å². The SMILES string of the molecule is CC1(C)[C@@H]2CC[C@@]1(C)[C@H](O)[C@@H]2N1CC[C@@H](c2ccccc2)O1. The minimum absolute atomic E-state index is 0.0243.